The zero-order valence-corrected chi connectivity index (χ0v) is 48.5. The van der Waals surface area contributed by atoms with E-state index in [9.17, 15) is 14.4 Å². The molecule has 0 aliphatic carbocycles. The van der Waals surface area contributed by atoms with Crippen molar-refractivity contribution in [3.63, 3.8) is 0 Å². The lowest BCUT2D eigenvalue weighted by Crippen LogP contribution is -2.30. The van der Waals surface area contributed by atoms with Gasteiger partial charge in [0, 0.05) is 19.3 Å². The minimum Gasteiger partial charge on any atom is -0.462 e. The molecule has 0 aliphatic heterocycles. The van der Waals surface area contributed by atoms with Crippen LogP contribution in [0.3, 0.4) is 0 Å². The summed E-state index contributed by atoms with van der Waals surface area (Å²) in [6.45, 7) is 6.73. The fourth-order valence-corrected chi connectivity index (χ4v) is 10.2. The molecule has 422 valence electrons. The van der Waals surface area contributed by atoms with E-state index in [1.807, 2.05) is 0 Å². The molecule has 71 heavy (non-hydrogen) atoms. The molecule has 1 unspecified atom stereocenters. The van der Waals surface area contributed by atoms with Crippen LogP contribution in [0, 0.1) is 0 Å². The lowest BCUT2D eigenvalue weighted by atomic mass is 10.0. The molecular formula is C65H126O6. The Hall–Kier alpha value is -1.59. The third-order valence-electron chi connectivity index (χ3n) is 15.1. The molecule has 1 atom stereocenters. The first-order chi connectivity index (χ1) is 35.0. The molecule has 0 N–H and O–H groups in total. The van der Waals surface area contributed by atoms with E-state index in [0.29, 0.717) is 19.3 Å². The van der Waals surface area contributed by atoms with Gasteiger partial charge in [0.1, 0.15) is 13.2 Å². The van der Waals surface area contributed by atoms with Crippen molar-refractivity contribution in [2.75, 3.05) is 13.2 Å². The van der Waals surface area contributed by atoms with Gasteiger partial charge in [0.05, 0.1) is 0 Å². The number of hydrogen-bond donors (Lipinski definition) is 0. The Balaban J connectivity index is 4.25. The first-order valence-electron chi connectivity index (χ1n) is 32.5. The highest BCUT2D eigenvalue weighted by Gasteiger charge is 2.19. The normalized spacial score (nSPS) is 11.9. The molecule has 0 aromatic carbocycles. The van der Waals surface area contributed by atoms with E-state index in [0.717, 1.165) is 57.8 Å². The van der Waals surface area contributed by atoms with Crippen molar-refractivity contribution in [2.24, 2.45) is 0 Å². The van der Waals surface area contributed by atoms with Crippen LogP contribution in [0.2, 0.25) is 0 Å². The highest BCUT2D eigenvalue weighted by molar-refractivity contribution is 5.71. The lowest BCUT2D eigenvalue weighted by Gasteiger charge is -2.18. The first kappa shape index (κ1) is 69.4. The zero-order valence-electron chi connectivity index (χ0n) is 48.5. The van der Waals surface area contributed by atoms with Crippen molar-refractivity contribution in [1.29, 1.82) is 0 Å². The number of esters is 3. The predicted molar refractivity (Wildman–Crippen MR) is 307 cm³/mol. The summed E-state index contributed by atoms with van der Waals surface area (Å²) >= 11 is 0. The minimum absolute atomic E-state index is 0.0604. The van der Waals surface area contributed by atoms with Crippen LogP contribution < -0.4 is 0 Å². The number of unbranched alkanes of at least 4 members (excludes halogenated alkanes) is 50. The molecule has 6 heteroatoms. The monoisotopic (exact) mass is 1000 g/mol. The summed E-state index contributed by atoms with van der Waals surface area (Å²) in [5.41, 5.74) is 0. The van der Waals surface area contributed by atoms with Gasteiger partial charge in [-0.1, -0.05) is 342 Å². The van der Waals surface area contributed by atoms with Gasteiger partial charge < -0.3 is 14.2 Å². The number of rotatable bonds is 61. The molecule has 0 aromatic rings. The van der Waals surface area contributed by atoms with Gasteiger partial charge in [0.25, 0.3) is 0 Å². The van der Waals surface area contributed by atoms with Crippen LogP contribution in [0.1, 0.15) is 380 Å². The summed E-state index contributed by atoms with van der Waals surface area (Å²) < 4.78 is 17.0. The van der Waals surface area contributed by atoms with Crippen LogP contribution in [0.5, 0.6) is 0 Å². The second-order valence-electron chi connectivity index (χ2n) is 22.4. The molecule has 0 spiro atoms. The summed E-state index contributed by atoms with van der Waals surface area (Å²) in [4.78, 5) is 38.3. The SMILES string of the molecule is CCCCCCCCCCCCCCCCCCCCCCCC(=O)OCC(COC(=O)CCCCCCCCCCCCCCCCCCC)OC(=O)CCCCCCCCCCCCCCCCC. The smallest absolute Gasteiger partial charge is 0.306 e. The number of carbonyl (C=O) groups excluding carboxylic acids is 3. The minimum atomic E-state index is -0.762. The molecule has 0 bridgehead atoms. The molecule has 0 rings (SSSR count). The zero-order chi connectivity index (χ0) is 51.4. The average molecular weight is 1000 g/mol. The van der Waals surface area contributed by atoms with Crippen LogP contribution in [0.25, 0.3) is 0 Å². The fraction of sp³-hybridized carbons (Fsp3) is 0.954. The molecule has 0 amide bonds. The maximum atomic E-state index is 12.9. The number of hydrogen-bond acceptors (Lipinski definition) is 6. The number of carbonyl (C=O) groups is 3. The highest BCUT2D eigenvalue weighted by Crippen LogP contribution is 2.19. The summed E-state index contributed by atoms with van der Waals surface area (Å²) in [6, 6.07) is 0. The van der Waals surface area contributed by atoms with E-state index in [-0.39, 0.29) is 31.1 Å². The largest absolute Gasteiger partial charge is 0.462 e. The van der Waals surface area contributed by atoms with Crippen LogP contribution in [0.4, 0.5) is 0 Å². The van der Waals surface area contributed by atoms with Crippen molar-refractivity contribution in [1.82, 2.24) is 0 Å². The van der Waals surface area contributed by atoms with Gasteiger partial charge in [0.15, 0.2) is 6.10 Å². The van der Waals surface area contributed by atoms with Crippen LogP contribution in [-0.4, -0.2) is 37.2 Å². The van der Waals surface area contributed by atoms with Crippen LogP contribution >= 0.6 is 0 Å². The van der Waals surface area contributed by atoms with Crippen molar-refractivity contribution in [2.45, 2.75) is 386 Å². The summed E-state index contributed by atoms with van der Waals surface area (Å²) in [7, 11) is 0. The molecule has 0 saturated carbocycles. The van der Waals surface area contributed by atoms with E-state index in [2.05, 4.69) is 20.8 Å². The lowest BCUT2D eigenvalue weighted by molar-refractivity contribution is -0.167. The second-order valence-corrected chi connectivity index (χ2v) is 22.4. The van der Waals surface area contributed by atoms with E-state index in [4.69, 9.17) is 14.2 Å². The molecule has 0 radical (unpaired) electrons. The van der Waals surface area contributed by atoms with Gasteiger partial charge in [-0.25, -0.2) is 0 Å². The molecule has 0 aliphatic rings. The average Bonchev–Trinajstić information content (AvgIpc) is 3.37. The van der Waals surface area contributed by atoms with E-state index >= 15 is 0 Å². The Bertz CT molecular complexity index is 1060. The summed E-state index contributed by atoms with van der Waals surface area (Å²) in [5, 5.41) is 0. The Morgan fingerprint density at radius 3 is 0.563 bits per heavy atom. The van der Waals surface area contributed by atoms with E-state index < -0.39 is 6.10 Å². The Labute approximate surface area is 444 Å². The first-order valence-corrected chi connectivity index (χ1v) is 32.5. The molecule has 0 heterocycles. The van der Waals surface area contributed by atoms with Crippen molar-refractivity contribution < 1.29 is 28.6 Å². The van der Waals surface area contributed by atoms with Crippen LogP contribution in [-0.2, 0) is 28.6 Å². The second kappa shape index (κ2) is 61.0. The summed E-state index contributed by atoms with van der Waals surface area (Å²) in [6.07, 6.45) is 69.7. The maximum absolute atomic E-state index is 12.9. The molecule has 0 fully saturated rings. The summed E-state index contributed by atoms with van der Waals surface area (Å²) in [5.74, 6) is -0.823. The van der Waals surface area contributed by atoms with Gasteiger partial charge in [-0.15, -0.1) is 0 Å². The van der Waals surface area contributed by atoms with E-state index in [1.165, 1.54) is 283 Å². The third-order valence-corrected chi connectivity index (χ3v) is 15.1. The van der Waals surface area contributed by atoms with Gasteiger partial charge in [0.2, 0.25) is 0 Å². The van der Waals surface area contributed by atoms with Crippen molar-refractivity contribution in [3.8, 4) is 0 Å². The Kier molecular flexibility index (Phi) is 59.6. The predicted octanol–water partition coefficient (Wildman–Crippen LogP) is 21.9. The molecule has 0 aromatic heterocycles. The molecular weight excluding hydrogens is 877 g/mol. The maximum Gasteiger partial charge on any atom is 0.306 e. The van der Waals surface area contributed by atoms with E-state index in [1.54, 1.807) is 0 Å². The van der Waals surface area contributed by atoms with Gasteiger partial charge >= 0.3 is 17.9 Å². The number of ether oxygens (including phenoxy) is 3. The molecule has 0 saturated heterocycles. The third kappa shape index (κ3) is 59.2. The highest BCUT2D eigenvalue weighted by atomic mass is 16.6. The topological polar surface area (TPSA) is 78.9 Å². The Morgan fingerprint density at radius 1 is 0.225 bits per heavy atom. The van der Waals surface area contributed by atoms with Crippen LogP contribution in [0.15, 0.2) is 0 Å². The van der Waals surface area contributed by atoms with Gasteiger partial charge in [-0.3, -0.25) is 14.4 Å². The van der Waals surface area contributed by atoms with Crippen molar-refractivity contribution >= 4 is 17.9 Å². The quantitative estimate of drug-likeness (QED) is 0.0343. The standard InChI is InChI=1S/C65H126O6/c1-4-7-10-13-16-19-22-25-28-30-31-32-33-35-38-40-43-46-49-52-55-58-64(67)70-61-62(71-65(68)59-56-53-50-47-44-41-36-27-24-21-18-15-12-9-6-3)60-69-63(66)57-54-51-48-45-42-39-37-34-29-26-23-20-17-14-11-8-5-2/h62H,4-61H2,1-3H3. The van der Waals surface area contributed by atoms with Gasteiger partial charge in [-0.2, -0.15) is 0 Å². The van der Waals surface area contributed by atoms with Gasteiger partial charge in [-0.05, 0) is 19.3 Å². The van der Waals surface area contributed by atoms with Crippen molar-refractivity contribution in [3.05, 3.63) is 0 Å². The molecule has 6 nitrogen and oxygen atoms in total. The fourth-order valence-electron chi connectivity index (χ4n) is 10.2. The Morgan fingerprint density at radius 2 is 0.380 bits per heavy atom.